The molecule has 19 heavy (non-hydrogen) atoms. The Balaban J connectivity index is 2.12. The zero-order valence-corrected chi connectivity index (χ0v) is 10.9. The Hall–Kier alpha value is -1.95. The molecule has 0 aromatic heterocycles. The van der Waals surface area contributed by atoms with Crippen molar-refractivity contribution in [3.63, 3.8) is 0 Å². The van der Waals surface area contributed by atoms with Gasteiger partial charge in [-0.15, -0.1) is 0 Å². The lowest BCUT2D eigenvalue weighted by molar-refractivity contribution is -0.385. The third kappa shape index (κ3) is 3.08. The molecule has 0 unspecified atom stereocenters. The molecule has 6 heteroatoms. The van der Waals surface area contributed by atoms with E-state index < -0.39 is 4.92 Å². The lowest BCUT2D eigenvalue weighted by Gasteiger charge is -2.27. The van der Waals surface area contributed by atoms with Crippen LogP contribution in [0.25, 0.3) is 0 Å². The molecule has 2 rings (SSSR count). The van der Waals surface area contributed by atoms with Crippen LogP contribution in [0.4, 0.5) is 5.69 Å². The second-order valence-electron chi connectivity index (χ2n) is 4.63. The molecular weight excluding hydrogens is 246 g/mol. The molecule has 0 spiro atoms. The minimum Gasteiger partial charge on any atom is -0.340 e. The van der Waals surface area contributed by atoms with Crippen LogP contribution in [0.2, 0.25) is 0 Å². The van der Waals surface area contributed by atoms with E-state index in [9.17, 15) is 14.9 Å². The van der Waals surface area contributed by atoms with Crippen LogP contribution in [0.15, 0.2) is 18.2 Å². The molecule has 1 aliphatic heterocycles. The van der Waals surface area contributed by atoms with E-state index in [0.717, 1.165) is 18.7 Å². The van der Waals surface area contributed by atoms with Crippen molar-refractivity contribution in [1.29, 1.82) is 0 Å². The monoisotopic (exact) mass is 263 g/mol. The van der Waals surface area contributed by atoms with Gasteiger partial charge < -0.3 is 10.2 Å². The first kappa shape index (κ1) is 13.5. The maximum absolute atomic E-state index is 12.1. The number of amides is 1. The molecule has 0 saturated carbocycles. The molecule has 0 radical (unpaired) electrons. The Kier molecular flexibility index (Phi) is 4.11. The van der Waals surface area contributed by atoms with Crippen molar-refractivity contribution in [1.82, 2.24) is 10.2 Å². The normalized spacial score (nSPS) is 15.3. The van der Waals surface area contributed by atoms with Crippen LogP contribution in [0, 0.1) is 17.0 Å². The van der Waals surface area contributed by atoms with Gasteiger partial charge in [0.15, 0.2) is 0 Å². The first-order chi connectivity index (χ1) is 9.09. The number of rotatable bonds is 3. The quantitative estimate of drug-likeness (QED) is 0.648. The minimum absolute atomic E-state index is 0.0325. The van der Waals surface area contributed by atoms with Gasteiger partial charge in [-0.3, -0.25) is 14.9 Å². The highest BCUT2D eigenvalue weighted by Gasteiger charge is 2.19. The van der Waals surface area contributed by atoms with E-state index in [1.807, 2.05) is 0 Å². The van der Waals surface area contributed by atoms with Gasteiger partial charge in [-0.05, 0) is 12.5 Å². The summed E-state index contributed by atoms with van der Waals surface area (Å²) in [6, 6.07) is 4.88. The highest BCUT2D eigenvalue weighted by molar-refractivity contribution is 5.79. The summed E-state index contributed by atoms with van der Waals surface area (Å²) in [5.74, 6) is 0.0325. The Morgan fingerprint density at radius 1 is 1.42 bits per heavy atom. The zero-order chi connectivity index (χ0) is 13.8. The number of carbonyl (C=O) groups is 1. The van der Waals surface area contributed by atoms with E-state index in [4.69, 9.17) is 0 Å². The highest BCUT2D eigenvalue weighted by Crippen LogP contribution is 2.21. The maximum Gasteiger partial charge on any atom is 0.272 e. The summed E-state index contributed by atoms with van der Waals surface area (Å²) in [5.41, 5.74) is 1.39. The second kappa shape index (κ2) is 5.79. The van der Waals surface area contributed by atoms with Crippen molar-refractivity contribution in [2.45, 2.75) is 13.3 Å². The van der Waals surface area contributed by atoms with Crippen molar-refractivity contribution in [2.75, 3.05) is 26.2 Å². The Morgan fingerprint density at radius 3 is 2.74 bits per heavy atom. The first-order valence-corrected chi connectivity index (χ1v) is 6.31. The number of hydrogen-bond acceptors (Lipinski definition) is 4. The Labute approximate surface area is 111 Å². The largest absolute Gasteiger partial charge is 0.340 e. The number of nitrogens with zero attached hydrogens (tertiary/aromatic N) is 2. The topological polar surface area (TPSA) is 75.5 Å². The summed E-state index contributed by atoms with van der Waals surface area (Å²) in [7, 11) is 0. The van der Waals surface area contributed by atoms with Crippen LogP contribution < -0.4 is 5.32 Å². The molecule has 0 atom stereocenters. The third-order valence-electron chi connectivity index (χ3n) is 3.43. The number of hydrogen-bond donors (Lipinski definition) is 1. The molecule has 102 valence electrons. The number of carbonyl (C=O) groups excluding carboxylic acids is 1. The minimum atomic E-state index is -0.409. The molecule has 1 aromatic rings. The van der Waals surface area contributed by atoms with Gasteiger partial charge in [-0.25, -0.2) is 0 Å². The van der Waals surface area contributed by atoms with Crippen LogP contribution in [0.1, 0.15) is 11.1 Å². The van der Waals surface area contributed by atoms with Gasteiger partial charge in [-0.2, -0.15) is 0 Å². The van der Waals surface area contributed by atoms with Gasteiger partial charge >= 0.3 is 0 Å². The van der Waals surface area contributed by atoms with E-state index in [-0.39, 0.29) is 18.0 Å². The summed E-state index contributed by atoms with van der Waals surface area (Å²) in [4.78, 5) is 24.4. The smallest absolute Gasteiger partial charge is 0.272 e. The molecule has 1 aromatic carbocycles. The number of benzene rings is 1. The van der Waals surface area contributed by atoms with Gasteiger partial charge in [0, 0.05) is 37.8 Å². The van der Waals surface area contributed by atoms with Gasteiger partial charge in [0.05, 0.1) is 11.3 Å². The summed E-state index contributed by atoms with van der Waals surface area (Å²) in [5, 5.41) is 14.0. The average molecular weight is 263 g/mol. The van der Waals surface area contributed by atoms with E-state index in [0.29, 0.717) is 18.7 Å². The maximum atomic E-state index is 12.1. The lowest BCUT2D eigenvalue weighted by atomic mass is 10.0. The molecule has 1 aliphatic rings. The van der Waals surface area contributed by atoms with Crippen LogP contribution in [0.3, 0.4) is 0 Å². The summed E-state index contributed by atoms with van der Waals surface area (Å²) in [6.07, 6.45) is 0.230. The predicted molar refractivity (Wildman–Crippen MR) is 71.0 cm³/mol. The Morgan fingerprint density at radius 2 is 2.11 bits per heavy atom. The first-order valence-electron chi connectivity index (χ1n) is 6.31. The van der Waals surface area contributed by atoms with Crippen LogP contribution >= 0.6 is 0 Å². The number of nitrogens with one attached hydrogen (secondary N) is 1. The van der Waals surface area contributed by atoms with E-state index in [1.165, 1.54) is 6.07 Å². The fourth-order valence-electron chi connectivity index (χ4n) is 2.25. The predicted octanol–water partition coefficient (Wildman–Crippen LogP) is 0.878. The molecule has 0 bridgehead atoms. The van der Waals surface area contributed by atoms with Crippen molar-refractivity contribution in [2.24, 2.45) is 0 Å². The van der Waals surface area contributed by atoms with E-state index in [2.05, 4.69) is 5.32 Å². The molecule has 0 aliphatic carbocycles. The molecule has 1 heterocycles. The molecule has 1 amide bonds. The van der Waals surface area contributed by atoms with Gasteiger partial charge in [0.1, 0.15) is 0 Å². The van der Waals surface area contributed by atoms with Crippen molar-refractivity contribution in [3.8, 4) is 0 Å². The van der Waals surface area contributed by atoms with Gasteiger partial charge in [0.2, 0.25) is 5.91 Å². The zero-order valence-electron chi connectivity index (χ0n) is 10.9. The SMILES string of the molecule is Cc1c(CC(=O)N2CCNCC2)cccc1[N+](=O)[O-]. The molecule has 1 fully saturated rings. The fraction of sp³-hybridized carbons (Fsp3) is 0.462. The summed E-state index contributed by atoms with van der Waals surface area (Å²) in [6.45, 7) is 4.71. The van der Waals surface area contributed by atoms with Crippen molar-refractivity contribution < 1.29 is 9.72 Å². The Bertz CT molecular complexity index is 496. The number of nitro groups is 1. The highest BCUT2D eigenvalue weighted by atomic mass is 16.6. The average Bonchev–Trinajstić information content (AvgIpc) is 2.41. The van der Waals surface area contributed by atoms with Crippen LogP contribution in [0.5, 0.6) is 0 Å². The standard InChI is InChI=1S/C13H17N3O3/c1-10-11(3-2-4-12(10)16(18)19)9-13(17)15-7-5-14-6-8-15/h2-4,14H,5-9H2,1H3. The van der Waals surface area contributed by atoms with E-state index in [1.54, 1.807) is 24.0 Å². The van der Waals surface area contributed by atoms with Crippen LogP contribution in [-0.4, -0.2) is 41.9 Å². The van der Waals surface area contributed by atoms with Crippen molar-refractivity contribution >= 4 is 11.6 Å². The third-order valence-corrected chi connectivity index (χ3v) is 3.43. The summed E-state index contributed by atoms with van der Waals surface area (Å²) >= 11 is 0. The molecule has 1 N–H and O–H groups in total. The van der Waals surface area contributed by atoms with E-state index >= 15 is 0 Å². The van der Waals surface area contributed by atoms with Gasteiger partial charge in [0.25, 0.3) is 5.69 Å². The molecular formula is C13H17N3O3. The van der Waals surface area contributed by atoms with Crippen LogP contribution in [-0.2, 0) is 11.2 Å². The summed E-state index contributed by atoms with van der Waals surface area (Å²) < 4.78 is 0. The number of nitro benzene ring substituents is 1. The number of piperazine rings is 1. The molecule has 1 saturated heterocycles. The van der Waals surface area contributed by atoms with Crippen molar-refractivity contribution in [3.05, 3.63) is 39.4 Å². The fourth-order valence-corrected chi connectivity index (χ4v) is 2.25. The molecule has 6 nitrogen and oxygen atoms in total. The van der Waals surface area contributed by atoms with Gasteiger partial charge in [-0.1, -0.05) is 12.1 Å². The lowest BCUT2D eigenvalue weighted by Crippen LogP contribution is -2.47. The second-order valence-corrected chi connectivity index (χ2v) is 4.63.